The largest absolute Gasteiger partial charge is 1.00 e. The predicted octanol–water partition coefficient (Wildman–Crippen LogP) is -3.81. The third-order valence-corrected chi connectivity index (χ3v) is 2.42. The number of quaternary nitrogens is 1. The summed E-state index contributed by atoms with van der Waals surface area (Å²) in [6.45, 7) is 5.17. The summed E-state index contributed by atoms with van der Waals surface area (Å²) in [7, 11) is 0. The van der Waals surface area contributed by atoms with Crippen molar-refractivity contribution in [3.05, 3.63) is 0 Å². The third kappa shape index (κ3) is 5.78. The van der Waals surface area contributed by atoms with Crippen LogP contribution in [0, 0.1) is 0 Å². The fourth-order valence-electron chi connectivity index (χ4n) is 1.78. The van der Waals surface area contributed by atoms with Gasteiger partial charge in [-0.2, -0.15) is 0 Å². The lowest BCUT2D eigenvalue weighted by atomic mass is 10.3. The van der Waals surface area contributed by atoms with Crippen molar-refractivity contribution in [2.75, 3.05) is 46.0 Å². The smallest absolute Gasteiger partial charge is 0.102 e. The summed E-state index contributed by atoms with van der Waals surface area (Å²) >= 11 is 0. The lowest BCUT2D eigenvalue weighted by Gasteiger charge is -2.37. The van der Waals surface area contributed by atoms with Gasteiger partial charge in [0.15, 0.2) is 0 Å². The Morgan fingerprint density at radius 2 is 1.14 bits per heavy atom. The minimum atomic E-state index is 0. The van der Waals surface area contributed by atoms with Crippen LogP contribution in [0.4, 0.5) is 0 Å². The normalized spacial score (nSPS) is 11.1. The molecule has 0 amide bonds. The summed E-state index contributed by atoms with van der Waals surface area (Å²) in [4.78, 5) is 0. The van der Waals surface area contributed by atoms with E-state index >= 15 is 0 Å². The zero-order chi connectivity index (χ0) is 10.2. The van der Waals surface area contributed by atoms with Gasteiger partial charge in [-0.15, -0.1) is 0 Å². The van der Waals surface area contributed by atoms with Gasteiger partial charge in [0.25, 0.3) is 0 Å². The molecule has 4 nitrogen and oxygen atoms in total. The zero-order valence-electron chi connectivity index (χ0n) is 8.82. The number of rotatable bonds is 8. The molecule has 0 heterocycles. The second-order valence-electron chi connectivity index (χ2n) is 3.41. The molecule has 0 aliphatic carbocycles. The highest BCUT2D eigenvalue weighted by Crippen LogP contribution is 2.06. The quantitative estimate of drug-likeness (QED) is 0.373. The molecule has 0 spiro atoms. The average molecular weight is 228 g/mol. The number of aliphatic hydroxyl groups excluding tert-OH is 3. The van der Waals surface area contributed by atoms with E-state index in [2.05, 4.69) is 6.92 Å². The van der Waals surface area contributed by atoms with Crippen LogP contribution in [0.1, 0.15) is 13.3 Å². The molecule has 0 aromatic rings. The van der Waals surface area contributed by atoms with Crippen LogP contribution in [-0.2, 0) is 0 Å². The standard InChI is InChI=1S/C9H22NO3.ClH/c1-2-3-10(4-7-11,5-8-12)6-9-13;/h11-13H,2-9H2,1H3;1H/q+1;/p-1. The van der Waals surface area contributed by atoms with Crippen LogP contribution >= 0.6 is 0 Å². The summed E-state index contributed by atoms with van der Waals surface area (Å²) < 4.78 is 0.625. The molecule has 3 N–H and O–H groups in total. The first-order valence-corrected chi connectivity index (χ1v) is 4.92. The van der Waals surface area contributed by atoms with Gasteiger partial charge in [-0.25, -0.2) is 0 Å². The van der Waals surface area contributed by atoms with Crippen LogP contribution in [-0.4, -0.2) is 65.8 Å². The number of aliphatic hydroxyl groups is 3. The average Bonchev–Trinajstić information content (AvgIpc) is 2.06. The minimum Gasteiger partial charge on any atom is -1.00 e. The van der Waals surface area contributed by atoms with E-state index in [0.29, 0.717) is 24.1 Å². The van der Waals surface area contributed by atoms with E-state index < -0.39 is 0 Å². The highest BCUT2D eigenvalue weighted by molar-refractivity contribution is 4.44. The Kier molecular flexibility index (Phi) is 11.4. The SMILES string of the molecule is CCC[N+](CCO)(CCO)CCO.[Cl-]. The number of halogens is 1. The second kappa shape index (κ2) is 9.68. The molecule has 0 aromatic heterocycles. The van der Waals surface area contributed by atoms with Crippen LogP contribution in [0.3, 0.4) is 0 Å². The van der Waals surface area contributed by atoms with Gasteiger partial charge in [0.1, 0.15) is 19.6 Å². The van der Waals surface area contributed by atoms with Crippen molar-refractivity contribution in [1.82, 2.24) is 0 Å². The minimum absolute atomic E-state index is 0. The predicted molar refractivity (Wildman–Crippen MR) is 51.3 cm³/mol. The summed E-state index contributed by atoms with van der Waals surface area (Å²) in [6, 6.07) is 0. The summed E-state index contributed by atoms with van der Waals surface area (Å²) in [5, 5.41) is 26.7. The number of nitrogens with zero attached hydrogens (tertiary/aromatic N) is 1. The van der Waals surface area contributed by atoms with Crippen molar-refractivity contribution in [1.29, 1.82) is 0 Å². The maximum Gasteiger partial charge on any atom is 0.102 e. The molecule has 5 heteroatoms. The van der Waals surface area contributed by atoms with Crippen molar-refractivity contribution in [2.45, 2.75) is 13.3 Å². The molecule has 0 unspecified atom stereocenters. The van der Waals surface area contributed by atoms with E-state index in [1.54, 1.807) is 0 Å². The van der Waals surface area contributed by atoms with Crippen LogP contribution < -0.4 is 12.4 Å². The van der Waals surface area contributed by atoms with Gasteiger partial charge >= 0.3 is 0 Å². The zero-order valence-corrected chi connectivity index (χ0v) is 9.58. The number of hydrogen-bond donors (Lipinski definition) is 3. The molecule has 0 rings (SSSR count). The van der Waals surface area contributed by atoms with Crippen molar-refractivity contribution in [3.8, 4) is 0 Å². The van der Waals surface area contributed by atoms with Crippen LogP contribution in [0.25, 0.3) is 0 Å². The molecular weight excluding hydrogens is 206 g/mol. The van der Waals surface area contributed by atoms with Gasteiger partial charge in [0.2, 0.25) is 0 Å². The molecular formula is C9H22ClNO3. The molecule has 0 bridgehead atoms. The molecule has 14 heavy (non-hydrogen) atoms. The highest BCUT2D eigenvalue weighted by atomic mass is 35.5. The van der Waals surface area contributed by atoms with Crippen molar-refractivity contribution < 1.29 is 32.2 Å². The number of hydrogen-bond acceptors (Lipinski definition) is 3. The highest BCUT2D eigenvalue weighted by Gasteiger charge is 2.24. The lowest BCUT2D eigenvalue weighted by Crippen LogP contribution is -3.00. The summed E-state index contributed by atoms with van der Waals surface area (Å²) in [5.74, 6) is 0. The summed E-state index contributed by atoms with van der Waals surface area (Å²) in [5.41, 5.74) is 0. The first-order chi connectivity index (χ1) is 6.24. The van der Waals surface area contributed by atoms with E-state index in [9.17, 15) is 0 Å². The van der Waals surface area contributed by atoms with E-state index in [1.807, 2.05) is 0 Å². The topological polar surface area (TPSA) is 60.7 Å². The Hall–Kier alpha value is 0.130. The van der Waals surface area contributed by atoms with Gasteiger partial charge in [-0.3, -0.25) is 0 Å². The molecule has 0 saturated heterocycles. The molecule has 0 atom stereocenters. The Morgan fingerprint density at radius 3 is 1.36 bits per heavy atom. The maximum absolute atomic E-state index is 8.90. The van der Waals surface area contributed by atoms with Gasteiger partial charge in [0.05, 0.1) is 26.4 Å². The van der Waals surface area contributed by atoms with Gasteiger partial charge in [0, 0.05) is 0 Å². The lowest BCUT2D eigenvalue weighted by molar-refractivity contribution is -0.929. The fraction of sp³-hybridized carbons (Fsp3) is 1.00. The maximum atomic E-state index is 8.90. The summed E-state index contributed by atoms with van der Waals surface area (Å²) in [6.07, 6.45) is 1.00. The Morgan fingerprint density at radius 1 is 0.786 bits per heavy atom. The Balaban J connectivity index is 0. The Labute approximate surface area is 92.2 Å². The first-order valence-electron chi connectivity index (χ1n) is 4.92. The molecule has 0 fully saturated rings. The molecule has 0 aliphatic heterocycles. The van der Waals surface area contributed by atoms with Crippen molar-refractivity contribution in [3.63, 3.8) is 0 Å². The monoisotopic (exact) mass is 227 g/mol. The first kappa shape index (κ1) is 16.6. The van der Waals surface area contributed by atoms with Crippen LogP contribution in [0.2, 0.25) is 0 Å². The molecule has 0 aromatic carbocycles. The van der Waals surface area contributed by atoms with Gasteiger partial charge in [-0.1, -0.05) is 6.92 Å². The van der Waals surface area contributed by atoms with Crippen molar-refractivity contribution >= 4 is 0 Å². The van der Waals surface area contributed by atoms with Crippen molar-refractivity contribution in [2.24, 2.45) is 0 Å². The molecule has 0 saturated carbocycles. The van der Waals surface area contributed by atoms with Crippen LogP contribution in [0.5, 0.6) is 0 Å². The van der Waals surface area contributed by atoms with Gasteiger partial charge < -0.3 is 32.2 Å². The second-order valence-corrected chi connectivity index (χ2v) is 3.41. The third-order valence-electron chi connectivity index (χ3n) is 2.42. The molecule has 0 aliphatic rings. The van der Waals surface area contributed by atoms with Crippen LogP contribution in [0.15, 0.2) is 0 Å². The van der Waals surface area contributed by atoms with E-state index in [1.165, 1.54) is 0 Å². The van der Waals surface area contributed by atoms with E-state index in [0.717, 1.165) is 13.0 Å². The van der Waals surface area contributed by atoms with Gasteiger partial charge in [-0.05, 0) is 6.42 Å². The Bertz CT molecular complexity index is 95.1. The van der Waals surface area contributed by atoms with E-state index in [-0.39, 0.29) is 32.2 Å². The fourth-order valence-corrected chi connectivity index (χ4v) is 1.78. The molecule has 0 radical (unpaired) electrons. The molecule has 88 valence electrons. The van der Waals surface area contributed by atoms with E-state index in [4.69, 9.17) is 15.3 Å².